The Balaban J connectivity index is 1.99. The van der Waals surface area contributed by atoms with Gasteiger partial charge in [0.05, 0.1) is 6.54 Å². The van der Waals surface area contributed by atoms with Gasteiger partial charge in [0, 0.05) is 46.9 Å². The zero-order chi connectivity index (χ0) is 14.1. The van der Waals surface area contributed by atoms with E-state index in [0.717, 1.165) is 21.7 Å². The number of halogens is 2. The van der Waals surface area contributed by atoms with Gasteiger partial charge in [0.25, 0.3) is 0 Å². The van der Waals surface area contributed by atoms with E-state index >= 15 is 0 Å². The van der Waals surface area contributed by atoms with E-state index in [0.29, 0.717) is 11.6 Å². The van der Waals surface area contributed by atoms with Crippen molar-refractivity contribution >= 4 is 27.5 Å². The lowest BCUT2D eigenvalue weighted by Crippen LogP contribution is -2.06. The number of aromatic nitrogens is 4. The number of benzene rings is 1. The first-order valence-corrected chi connectivity index (χ1v) is 7.24. The summed E-state index contributed by atoms with van der Waals surface area (Å²) in [6, 6.07) is 5.77. The van der Waals surface area contributed by atoms with Gasteiger partial charge >= 0.3 is 0 Å². The van der Waals surface area contributed by atoms with Gasteiger partial charge in [0.2, 0.25) is 0 Å². The van der Waals surface area contributed by atoms with Gasteiger partial charge in [-0.05, 0) is 18.2 Å². The van der Waals surface area contributed by atoms with Crippen molar-refractivity contribution in [2.45, 2.75) is 6.54 Å². The molecule has 0 spiro atoms. The maximum Gasteiger partial charge on any atom is 0.140 e. The third-order valence-electron chi connectivity index (χ3n) is 3.07. The standard InChI is InChI=1S/C14H12BrClN4/c1-19-4-2-17-13(19)9-20-5-3-18-14(20)10-6-11(15)8-12(16)7-10/h2-8H,9H2,1H3. The number of aryl methyl sites for hydroxylation is 1. The quantitative estimate of drug-likeness (QED) is 0.720. The SMILES string of the molecule is Cn1ccnc1Cn1ccnc1-c1cc(Cl)cc(Br)c1. The van der Waals surface area contributed by atoms with E-state index in [1.807, 2.05) is 42.2 Å². The molecule has 0 aliphatic carbocycles. The van der Waals surface area contributed by atoms with Gasteiger partial charge < -0.3 is 9.13 Å². The van der Waals surface area contributed by atoms with Crippen molar-refractivity contribution in [2.24, 2.45) is 7.05 Å². The van der Waals surface area contributed by atoms with Crippen molar-refractivity contribution in [3.05, 3.63) is 58.3 Å². The van der Waals surface area contributed by atoms with Crippen LogP contribution in [0.1, 0.15) is 5.82 Å². The molecule has 0 aliphatic heterocycles. The highest BCUT2D eigenvalue weighted by Crippen LogP contribution is 2.26. The molecule has 0 saturated carbocycles. The van der Waals surface area contributed by atoms with Gasteiger partial charge in [-0.15, -0.1) is 0 Å². The fourth-order valence-corrected chi connectivity index (χ4v) is 2.94. The Kier molecular flexibility index (Phi) is 3.63. The van der Waals surface area contributed by atoms with Crippen molar-refractivity contribution < 1.29 is 0 Å². The van der Waals surface area contributed by atoms with Crippen molar-refractivity contribution in [3.63, 3.8) is 0 Å². The van der Waals surface area contributed by atoms with Crippen molar-refractivity contribution in [2.75, 3.05) is 0 Å². The molecule has 0 fully saturated rings. The molecule has 4 nitrogen and oxygen atoms in total. The summed E-state index contributed by atoms with van der Waals surface area (Å²) in [7, 11) is 1.98. The topological polar surface area (TPSA) is 35.6 Å². The summed E-state index contributed by atoms with van der Waals surface area (Å²) in [5.74, 6) is 1.85. The van der Waals surface area contributed by atoms with Crippen LogP contribution in [0.4, 0.5) is 0 Å². The maximum absolute atomic E-state index is 6.10. The monoisotopic (exact) mass is 350 g/mol. The van der Waals surface area contributed by atoms with Crippen LogP contribution in [0.5, 0.6) is 0 Å². The molecule has 2 aromatic heterocycles. The summed E-state index contributed by atoms with van der Waals surface area (Å²) >= 11 is 9.56. The van der Waals surface area contributed by atoms with E-state index in [4.69, 9.17) is 11.6 Å². The first-order valence-electron chi connectivity index (χ1n) is 6.07. The van der Waals surface area contributed by atoms with Crippen LogP contribution in [-0.2, 0) is 13.6 Å². The van der Waals surface area contributed by atoms with Gasteiger partial charge in [0.1, 0.15) is 11.6 Å². The van der Waals surface area contributed by atoms with E-state index < -0.39 is 0 Å². The van der Waals surface area contributed by atoms with Crippen molar-refractivity contribution in [1.82, 2.24) is 19.1 Å². The molecule has 0 atom stereocenters. The van der Waals surface area contributed by atoms with Crippen LogP contribution in [0.2, 0.25) is 5.02 Å². The zero-order valence-electron chi connectivity index (χ0n) is 10.8. The minimum absolute atomic E-state index is 0.670. The molecular formula is C14H12BrClN4. The Bertz CT molecular complexity index is 727. The molecule has 3 rings (SSSR count). The Morgan fingerprint density at radius 2 is 1.95 bits per heavy atom. The summed E-state index contributed by atoms with van der Waals surface area (Å²) in [5, 5.41) is 0.681. The van der Waals surface area contributed by atoms with Crippen molar-refractivity contribution in [1.29, 1.82) is 0 Å². The van der Waals surface area contributed by atoms with Gasteiger partial charge in [0.15, 0.2) is 0 Å². The Morgan fingerprint density at radius 3 is 2.65 bits per heavy atom. The molecule has 3 aromatic rings. The van der Waals surface area contributed by atoms with Crippen LogP contribution in [0.3, 0.4) is 0 Å². The number of imidazole rings is 2. The van der Waals surface area contributed by atoms with E-state index in [9.17, 15) is 0 Å². The first-order chi connectivity index (χ1) is 9.63. The van der Waals surface area contributed by atoms with E-state index in [-0.39, 0.29) is 0 Å². The zero-order valence-corrected chi connectivity index (χ0v) is 13.1. The summed E-state index contributed by atoms with van der Waals surface area (Å²) < 4.78 is 4.99. The largest absolute Gasteiger partial charge is 0.337 e. The number of hydrogen-bond acceptors (Lipinski definition) is 2. The predicted molar refractivity (Wildman–Crippen MR) is 82.7 cm³/mol. The number of rotatable bonds is 3. The van der Waals surface area contributed by atoms with Crippen LogP contribution in [0, 0.1) is 0 Å². The smallest absolute Gasteiger partial charge is 0.140 e. The number of hydrogen-bond donors (Lipinski definition) is 0. The minimum atomic E-state index is 0.670. The highest BCUT2D eigenvalue weighted by molar-refractivity contribution is 9.10. The van der Waals surface area contributed by atoms with Crippen LogP contribution >= 0.6 is 27.5 Å². The van der Waals surface area contributed by atoms with Crippen LogP contribution < -0.4 is 0 Å². The first kappa shape index (κ1) is 13.4. The van der Waals surface area contributed by atoms with E-state index in [1.54, 1.807) is 12.4 Å². The van der Waals surface area contributed by atoms with Crippen LogP contribution in [0.15, 0.2) is 47.5 Å². The molecule has 0 N–H and O–H groups in total. The summed E-state index contributed by atoms with van der Waals surface area (Å²) in [6.45, 7) is 0.670. The number of nitrogens with zero attached hydrogens (tertiary/aromatic N) is 4. The molecule has 0 unspecified atom stereocenters. The average molecular weight is 352 g/mol. The van der Waals surface area contributed by atoms with Crippen LogP contribution in [0.25, 0.3) is 11.4 Å². The molecular weight excluding hydrogens is 340 g/mol. The van der Waals surface area contributed by atoms with E-state index in [2.05, 4.69) is 30.5 Å². The third-order valence-corrected chi connectivity index (χ3v) is 3.75. The normalized spacial score (nSPS) is 10.9. The average Bonchev–Trinajstić information content (AvgIpc) is 2.99. The lowest BCUT2D eigenvalue weighted by atomic mass is 10.2. The summed E-state index contributed by atoms with van der Waals surface area (Å²) in [5.41, 5.74) is 0.976. The fourth-order valence-electron chi connectivity index (χ4n) is 2.08. The molecule has 0 radical (unpaired) electrons. The molecule has 102 valence electrons. The van der Waals surface area contributed by atoms with Crippen LogP contribution in [-0.4, -0.2) is 19.1 Å². The predicted octanol–water partition coefficient (Wildman–Crippen LogP) is 3.75. The van der Waals surface area contributed by atoms with Gasteiger partial charge in [-0.25, -0.2) is 9.97 Å². The second-order valence-corrected chi connectivity index (χ2v) is 5.84. The minimum Gasteiger partial charge on any atom is -0.337 e. The third kappa shape index (κ3) is 2.64. The van der Waals surface area contributed by atoms with Crippen molar-refractivity contribution in [3.8, 4) is 11.4 Å². The second-order valence-electron chi connectivity index (χ2n) is 4.49. The molecule has 20 heavy (non-hydrogen) atoms. The molecule has 1 aromatic carbocycles. The highest BCUT2D eigenvalue weighted by atomic mass is 79.9. The Morgan fingerprint density at radius 1 is 1.15 bits per heavy atom. The Labute approximate surface area is 130 Å². The second kappa shape index (κ2) is 5.42. The molecule has 2 heterocycles. The van der Waals surface area contributed by atoms with Gasteiger partial charge in [-0.2, -0.15) is 0 Å². The molecule has 0 bridgehead atoms. The van der Waals surface area contributed by atoms with Gasteiger partial charge in [-0.3, -0.25) is 0 Å². The lowest BCUT2D eigenvalue weighted by molar-refractivity contribution is 0.704. The Hall–Kier alpha value is -1.59. The molecule has 0 amide bonds. The maximum atomic E-state index is 6.10. The molecule has 0 saturated heterocycles. The fraction of sp³-hybridized carbons (Fsp3) is 0.143. The van der Waals surface area contributed by atoms with Gasteiger partial charge in [-0.1, -0.05) is 27.5 Å². The highest BCUT2D eigenvalue weighted by Gasteiger charge is 2.10. The lowest BCUT2D eigenvalue weighted by Gasteiger charge is -2.09. The summed E-state index contributed by atoms with van der Waals surface area (Å²) in [4.78, 5) is 8.76. The molecule has 0 aliphatic rings. The van der Waals surface area contributed by atoms with E-state index in [1.165, 1.54) is 0 Å². The summed E-state index contributed by atoms with van der Waals surface area (Å²) in [6.07, 6.45) is 7.45. The molecule has 6 heteroatoms.